The molecular formula is C17H24ClN3O3. The molecule has 3 rings (SSSR count). The molecule has 2 amide bonds. The van der Waals surface area contributed by atoms with Crippen molar-refractivity contribution in [1.29, 1.82) is 0 Å². The van der Waals surface area contributed by atoms with Gasteiger partial charge in [-0.2, -0.15) is 0 Å². The Morgan fingerprint density at radius 1 is 1.33 bits per heavy atom. The number of nitrogens with one attached hydrogen (secondary N) is 2. The zero-order valence-electron chi connectivity index (χ0n) is 13.8. The summed E-state index contributed by atoms with van der Waals surface area (Å²) in [5.41, 5.74) is 3.05. The zero-order chi connectivity index (χ0) is 16.2. The van der Waals surface area contributed by atoms with Gasteiger partial charge in [-0.15, -0.1) is 12.4 Å². The number of halogens is 1. The quantitative estimate of drug-likeness (QED) is 0.859. The van der Waals surface area contributed by atoms with Gasteiger partial charge in [0.1, 0.15) is 6.61 Å². The van der Waals surface area contributed by atoms with Crippen LogP contribution in [0, 0.1) is 0 Å². The van der Waals surface area contributed by atoms with Crippen molar-refractivity contribution in [1.82, 2.24) is 10.2 Å². The Labute approximate surface area is 148 Å². The molecule has 0 aliphatic carbocycles. The summed E-state index contributed by atoms with van der Waals surface area (Å²) in [4.78, 5) is 26.0. The molecule has 0 aromatic heterocycles. The van der Waals surface area contributed by atoms with Crippen LogP contribution in [0.15, 0.2) is 18.2 Å². The predicted octanol–water partition coefficient (Wildman–Crippen LogP) is 1.44. The van der Waals surface area contributed by atoms with E-state index in [0.717, 1.165) is 31.5 Å². The van der Waals surface area contributed by atoms with Crippen LogP contribution in [0.3, 0.4) is 0 Å². The van der Waals surface area contributed by atoms with Crippen molar-refractivity contribution in [3.63, 3.8) is 0 Å². The molecular weight excluding hydrogens is 330 g/mol. The van der Waals surface area contributed by atoms with Crippen molar-refractivity contribution in [2.45, 2.75) is 25.3 Å². The number of hydrogen-bond acceptors (Lipinski definition) is 4. The molecule has 132 valence electrons. The normalized spacial score (nSPS) is 16.8. The number of rotatable bonds is 4. The van der Waals surface area contributed by atoms with Gasteiger partial charge in [0.05, 0.1) is 0 Å². The van der Waals surface area contributed by atoms with Gasteiger partial charge in [-0.3, -0.25) is 9.59 Å². The average Bonchev–Trinajstić information content (AvgIpc) is 3.03. The first-order valence-electron chi connectivity index (χ1n) is 8.12. The fourth-order valence-electron chi connectivity index (χ4n) is 3.20. The Bertz CT molecular complexity index is 601. The maximum Gasteiger partial charge on any atom is 0.251 e. The van der Waals surface area contributed by atoms with Crippen LogP contribution >= 0.6 is 12.4 Å². The lowest BCUT2D eigenvalue weighted by molar-refractivity contribution is -0.136. The number of anilines is 1. The molecule has 1 saturated heterocycles. The van der Waals surface area contributed by atoms with Gasteiger partial charge in [-0.25, -0.2) is 0 Å². The summed E-state index contributed by atoms with van der Waals surface area (Å²) in [5, 5.41) is 6.38. The van der Waals surface area contributed by atoms with E-state index in [9.17, 15) is 9.59 Å². The lowest BCUT2D eigenvalue weighted by Gasteiger charge is -2.32. The maximum atomic E-state index is 12.4. The second-order valence-electron chi connectivity index (χ2n) is 6.11. The summed E-state index contributed by atoms with van der Waals surface area (Å²) in [6.07, 6.45) is 2.54. The minimum Gasteiger partial charge on any atom is -0.384 e. The van der Waals surface area contributed by atoms with Crippen molar-refractivity contribution in [2.75, 3.05) is 38.7 Å². The number of fused-ring (bicyclic) bond motifs is 1. The third kappa shape index (κ3) is 4.19. The summed E-state index contributed by atoms with van der Waals surface area (Å²) >= 11 is 0. The summed E-state index contributed by atoms with van der Waals surface area (Å²) < 4.78 is 4.88. The second kappa shape index (κ2) is 8.35. The molecule has 7 heteroatoms. The highest BCUT2D eigenvalue weighted by atomic mass is 35.5. The van der Waals surface area contributed by atoms with Crippen LogP contribution in [-0.2, 0) is 16.0 Å². The van der Waals surface area contributed by atoms with Gasteiger partial charge in [-0.1, -0.05) is 0 Å². The third-order valence-electron chi connectivity index (χ3n) is 4.53. The van der Waals surface area contributed by atoms with Crippen molar-refractivity contribution in [3.05, 3.63) is 29.3 Å². The number of methoxy groups -OCH3 is 1. The van der Waals surface area contributed by atoms with E-state index in [2.05, 4.69) is 10.6 Å². The van der Waals surface area contributed by atoms with Gasteiger partial charge in [0.2, 0.25) is 5.91 Å². The first-order valence-corrected chi connectivity index (χ1v) is 8.12. The second-order valence-corrected chi connectivity index (χ2v) is 6.11. The van der Waals surface area contributed by atoms with Crippen molar-refractivity contribution in [3.8, 4) is 0 Å². The molecule has 0 atom stereocenters. The van der Waals surface area contributed by atoms with Crippen LogP contribution in [0.5, 0.6) is 0 Å². The SMILES string of the molecule is COCC(=O)N1CCC(NC(=O)c2ccc3c(c2)CCN3)CC1.Cl. The molecule has 6 nitrogen and oxygen atoms in total. The number of likely N-dealkylation sites (tertiary alicyclic amines) is 1. The molecule has 0 radical (unpaired) electrons. The van der Waals surface area contributed by atoms with E-state index in [1.54, 1.807) is 4.90 Å². The van der Waals surface area contributed by atoms with Crippen LogP contribution in [0.1, 0.15) is 28.8 Å². The van der Waals surface area contributed by atoms with Crippen LogP contribution in [-0.4, -0.2) is 56.1 Å². The highest BCUT2D eigenvalue weighted by Crippen LogP contribution is 2.23. The number of ether oxygens (including phenoxy) is 1. The Kier molecular flexibility index (Phi) is 6.45. The van der Waals surface area contributed by atoms with E-state index in [1.165, 1.54) is 12.7 Å². The molecule has 2 heterocycles. The van der Waals surface area contributed by atoms with Gasteiger partial charge in [-0.05, 0) is 43.0 Å². The lowest BCUT2D eigenvalue weighted by Crippen LogP contribution is -2.47. The van der Waals surface area contributed by atoms with E-state index in [0.29, 0.717) is 18.7 Å². The number of amides is 2. The predicted molar refractivity (Wildman–Crippen MR) is 94.8 cm³/mol. The Morgan fingerprint density at radius 2 is 2.08 bits per heavy atom. The van der Waals surface area contributed by atoms with Gasteiger partial charge < -0.3 is 20.3 Å². The molecule has 2 aliphatic heterocycles. The molecule has 2 aliphatic rings. The first-order chi connectivity index (χ1) is 11.2. The lowest BCUT2D eigenvalue weighted by atomic mass is 10.0. The van der Waals surface area contributed by atoms with Gasteiger partial charge in [0, 0.05) is 44.0 Å². The van der Waals surface area contributed by atoms with Crippen LogP contribution in [0.2, 0.25) is 0 Å². The molecule has 0 unspecified atom stereocenters. The highest BCUT2D eigenvalue weighted by Gasteiger charge is 2.24. The highest BCUT2D eigenvalue weighted by molar-refractivity contribution is 5.95. The summed E-state index contributed by atoms with van der Waals surface area (Å²) in [6.45, 7) is 2.40. The van der Waals surface area contributed by atoms with Crippen molar-refractivity contribution in [2.24, 2.45) is 0 Å². The van der Waals surface area contributed by atoms with Crippen LogP contribution in [0.25, 0.3) is 0 Å². The van der Waals surface area contributed by atoms with Crippen LogP contribution < -0.4 is 10.6 Å². The number of carbonyl (C=O) groups is 2. The molecule has 1 fully saturated rings. The van der Waals surface area contributed by atoms with Crippen molar-refractivity contribution >= 4 is 29.9 Å². The monoisotopic (exact) mass is 353 g/mol. The molecule has 0 spiro atoms. The van der Waals surface area contributed by atoms with Gasteiger partial charge in [0.15, 0.2) is 0 Å². The first kappa shape index (κ1) is 18.5. The topological polar surface area (TPSA) is 70.7 Å². The Balaban J connectivity index is 0.00000208. The Morgan fingerprint density at radius 3 is 2.79 bits per heavy atom. The van der Waals surface area contributed by atoms with E-state index < -0.39 is 0 Å². The maximum absolute atomic E-state index is 12.4. The zero-order valence-corrected chi connectivity index (χ0v) is 14.7. The van der Waals surface area contributed by atoms with Gasteiger partial charge >= 0.3 is 0 Å². The minimum absolute atomic E-state index is 0. The average molecular weight is 354 g/mol. The molecule has 0 saturated carbocycles. The number of piperidine rings is 1. The number of hydrogen-bond donors (Lipinski definition) is 2. The summed E-state index contributed by atoms with van der Waals surface area (Å²) in [6, 6.07) is 5.94. The molecule has 24 heavy (non-hydrogen) atoms. The Hall–Kier alpha value is -1.79. The molecule has 2 N–H and O–H groups in total. The smallest absolute Gasteiger partial charge is 0.251 e. The van der Waals surface area contributed by atoms with E-state index in [-0.39, 0.29) is 36.9 Å². The standard InChI is InChI=1S/C17H23N3O3.ClH/c1-23-11-16(21)20-8-5-14(6-9-20)19-17(22)13-2-3-15-12(10-13)4-7-18-15;/h2-3,10,14,18H,4-9,11H2,1H3,(H,19,22);1H. The summed E-state index contributed by atoms with van der Waals surface area (Å²) in [5.74, 6) is -0.00948. The van der Waals surface area contributed by atoms with Crippen LogP contribution in [0.4, 0.5) is 5.69 Å². The minimum atomic E-state index is -0.0265. The largest absolute Gasteiger partial charge is 0.384 e. The molecule has 0 bridgehead atoms. The van der Waals surface area contributed by atoms with E-state index >= 15 is 0 Å². The third-order valence-corrected chi connectivity index (χ3v) is 4.53. The van der Waals surface area contributed by atoms with E-state index in [1.807, 2.05) is 18.2 Å². The number of nitrogens with zero attached hydrogens (tertiary/aromatic N) is 1. The fourth-order valence-corrected chi connectivity index (χ4v) is 3.20. The summed E-state index contributed by atoms with van der Waals surface area (Å²) in [7, 11) is 1.52. The van der Waals surface area contributed by atoms with E-state index in [4.69, 9.17) is 4.74 Å². The number of benzene rings is 1. The number of carbonyl (C=O) groups excluding carboxylic acids is 2. The van der Waals surface area contributed by atoms with Crippen molar-refractivity contribution < 1.29 is 14.3 Å². The molecule has 1 aromatic rings. The molecule has 1 aromatic carbocycles. The fraction of sp³-hybridized carbons (Fsp3) is 0.529. The van der Waals surface area contributed by atoms with Gasteiger partial charge in [0.25, 0.3) is 5.91 Å².